The lowest BCUT2D eigenvalue weighted by atomic mass is 9.78. The van der Waals surface area contributed by atoms with Gasteiger partial charge < -0.3 is 14.9 Å². The summed E-state index contributed by atoms with van der Waals surface area (Å²) >= 11 is 6.09. The summed E-state index contributed by atoms with van der Waals surface area (Å²) in [5.41, 5.74) is 0.362. The van der Waals surface area contributed by atoms with Crippen LogP contribution in [0, 0.1) is 11.8 Å². The van der Waals surface area contributed by atoms with Crippen LogP contribution in [0.25, 0.3) is 0 Å². The normalized spacial score (nSPS) is 27.9. The molecule has 132 valence electrons. The minimum atomic E-state index is -1.00. The van der Waals surface area contributed by atoms with Gasteiger partial charge in [0.1, 0.15) is 5.75 Å². The van der Waals surface area contributed by atoms with Crippen LogP contribution >= 0.6 is 11.6 Å². The Labute approximate surface area is 147 Å². The summed E-state index contributed by atoms with van der Waals surface area (Å²) < 4.78 is 5.38. The number of piperidine rings is 1. The number of carboxylic acids is 1. The SMILES string of the molecule is C[C@@H]1CN(Cc2cc(Cl)ccc2OCC(=O)O)CC[C@@]1(O)C1CC1. The van der Waals surface area contributed by atoms with Gasteiger partial charge in [-0.2, -0.15) is 0 Å². The molecular formula is C18H24ClNO4. The number of likely N-dealkylation sites (tertiary alicyclic amines) is 1. The highest BCUT2D eigenvalue weighted by atomic mass is 35.5. The van der Waals surface area contributed by atoms with Crippen molar-refractivity contribution in [2.75, 3.05) is 19.7 Å². The molecule has 1 aromatic rings. The molecule has 2 N–H and O–H groups in total. The fraction of sp³-hybridized carbons (Fsp3) is 0.611. The molecule has 0 amide bonds. The van der Waals surface area contributed by atoms with E-state index >= 15 is 0 Å². The van der Waals surface area contributed by atoms with Crippen molar-refractivity contribution in [2.45, 2.75) is 38.3 Å². The van der Waals surface area contributed by atoms with Crippen LogP contribution in [0.4, 0.5) is 0 Å². The van der Waals surface area contributed by atoms with Gasteiger partial charge in [-0.1, -0.05) is 18.5 Å². The quantitative estimate of drug-likeness (QED) is 0.823. The van der Waals surface area contributed by atoms with E-state index in [1.165, 1.54) is 0 Å². The number of hydrogen-bond acceptors (Lipinski definition) is 4. The van der Waals surface area contributed by atoms with Crippen molar-refractivity contribution in [2.24, 2.45) is 11.8 Å². The first-order valence-corrected chi connectivity index (χ1v) is 8.84. The molecule has 2 fully saturated rings. The van der Waals surface area contributed by atoms with Gasteiger partial charge in [0.25, 0.3) is 0 Å². The van der Waals surface area contributed by atoms with Crippen molar-refractivity contribution in [1.82, 2.24) is 4.90 Å². The second kappa shape index (κ2) is 6.90. The Hall–Kier alpha value is -1.30. The summed E-state index contributed by atoms with van der Waals surface area (Å²) in [6, 6.07) is 5.24. The number of aliphatic hydroxyl groups is 1. The molecule has 1 aromatic carbocycles. The van der Waals surface area contributed by atoms with Crippen LogP contribution < -0.4 is 4.74 Å². The van der Waals surface area contributed by atoms with E-state index in [4.69, 9.17) is 21.4 Å². The largest absolute Gasteiger partial charge is 0.482 e. The van der Waals surface area contributed by atoms with Crippen LogP contribution in [0.3, 0.4) is 0 Å². The van der Waals surface area contributed by atoms with Crippen LogP contribution in [0.1, 0.15) is 31.7 Å². The molecule has 1 aliphatic carbocycles. The molecule has 2 aliphatic rings. The molecule has 5 nitrogen and oxygen atoms in total. The molecule has 1 aliphatic heterocycles. The zero-order valence-electron chi connectivity index (χ0n) is 13.9. The monoisotopic (exact) mass is 353 g/mol. The van der Waals surface area contributed by atoms with Gasteiger partial charge in [-0.15, -0.1) is 0 Å². The second-order valence-corrected chi connectivity index (χ2v) is 7.52. The minimum absolute atomic E-state index is 0.223. The van der Waals surface area contributed by atoms with Crippen LogP contribution in [0.2, 0.25) is 5.02 Å². The third-order valence-corrected chi connectivity index (χ3v) is 5.50. The highest BCUT2D eigenvalue weighted by Crippen LogP contribution is 2.47. The molecule has 1 saturated heterocycles. The van der Waals surface area contributed by atoms with E-state index in [2.05, 4.69) is 11.8 Å². The third kappa shape index (κ3) is 3.85. The van der Waals surface area contributed by atoms with Gasteiger partial charge in [-0.05, 0) is 49.3 Å². The molecule has 0 radical (unpaired) electrons. The van der Waals surface area contributed by atoms with E-state index in [0.717, 1.165) is 37.9 Å². The number of nitrogens with zero attached hydrogens (tertiary/aromatic N) is 1. The van der Waals surface area contributed by atoms with Gasteiger partial charge in [0.05, 0.1) is 5.60 Å². The molecule has 0 unspecified atom stereocenters. The summed E-state index contributed by atoms with van der Waals surface area (Å²) in [4.78, 5) is 13.0. The van der Waals surface area contributed by atoms with Crippen LogP contribution in [0.15, 0.2) is 18.2 Å². The highest BCUT2D eigenvalue weighted by Gasteiger charge is 2.49. The molecule has 3 rings (SSSR count). The van der Waals surface area contributed by atoms with Crippen LogP contribution in [0.5, 0.6) is 5.75 Å². The van der Waals surface area contributed by atoms with E-state index in [1.54, 1.807) is 12.1 Å². The Morgan fingerprint density at radius 2 is 2.21 bits per heavy atom. The highest BCUT2D eigenvalue weighted by molar-refractivity contribution is 6.30. The number of carboxylic acid groups (broad SMARTS) is 1. The Balaban J connectivity index is 1.67. The molecule has 1 heterocycles. The Morgan fingerprint density at radius 1 is 1.46 bits per heavy atom. The molecule has 6 heteroatoms. The number of benzene rings is 1. The molecular weight excluding hydrogens is 330 g/mol. The maximum Gasteiger partial charge on any atom is 0.341 e. The average Bonchev–Trinajstić information content (AvgIpc) is 3.35. The number of carbonyl (C=O) groups is 1. The Kier molecular flexibility index (Phi) is 5.04. The zero-order valence-corrected chi connectivity index (χ0v) is 14.6. The average molecular weight is 354 g/mol. The first kappa shape index (κ1) is 17.5. The second-order valence-electron chi connectivity index (χ2n) is 7.09. The van der Waals surface area contributed by atoms with Crippen molar-refractivity contribution in [3.63, 3.8) is 0 Å². The Morgan fingerprint density at radius 3 is 2.83 bits per heavy atom. The Bertz CT molecular complexity index is 619. The fourth-order valence-electron chi connectivity index (χ4n) is 3.75. The molecule has 0 spiro atoms. The van der Waals surface area contributed by atoms with E-state index in [-0.39, 0.29) is 12.5 Å². The third-order valence-electron chi connectivity index (χ3n) is 5.27. The molecule has 1 saturated carbocycles. The molecule has 0 aromatic heterocycles. The van der Waals surface area contributed by atoms with Gasteiger partial charge in [0.2, 0.25) is 0 Å². The van der Waals surface area contributed by atoms with E-state index in [1.807, 2.05) is 6.07 Å². The summed E-state index contributed by atoms with van der Waals surface area (Å²) in [5, 5.41) is 20.3. The summed E-state index contributed by atoms with van der Waals surface area (Å²) in [6.45, 7) is 4.03. The smallest absolute Gasteiger partial charge is 0.341 e. The van der Waals surface area contributed by atoms with Gasteiger partial charge in [0.15, 0.2) is 6.61 Å². The maximum absolute atomic E-state index is 10.9. The summed E-state index contributed by atoms with van der Waals surface area (Å²) in [5.74, 6) is 0.242. The lowest BCUT2D eigenvalue weighted by molar-refractivity contribution is -0.139. The summed E-state index contributed by atoms with van der Waals surface area (Å²) in [6.07, 6.45) is 3.06. The van der Waals surface area contributed by atoms with Gasteiger partial charge in [-0.25, -0.2) is 4.79 Å². The minimum Gasteiger partial charge on any atom is -0.482 e. The standard InChI is InChI=1S/C18H24ClNO4/c1-12-9-20(7-6-18(12,23)14-2-3-14)10-13-8-15(19)4-5-16(13)24-11-17(21)22/h4-5,8,12,14,23H,2-3,6-7,9-11H2,1H3,(H,21,22)/t12-,18+/m1/s1. The lowest BCUT2D eigenvalue weighted by Gasteiger charge is -2.43. The number of ether oxygens (including phenoxy) is 1. The van der Waals surface area contributed by atoms with Crippen molar-refractivity contribution in [1.29, 1.82) is 0 Å². The van der Waals surface area contributed by atoms with E-state index < -0.39 is 11.6 Å². The molecule has 2 atom stereocenters. The fourth-order valence-corrected chi connectivity index (χ4v) is 3.94. The van der Waals surface area contributed by atoms with Gasteiger partial charge >= 0.3 is 5.97 Å². The van der Waals surface area contributed by atoms with Crippen molar-refractivity contribution >= 4 is 17.6 Å². The molecule has 0 bridgehead atoms. The van der Waals surface area contributed by atoms with Crippen molar-refractivity contribution in [3.8, 4) is 5.75 Å². The van der Waals surface area contributed by atoms with Crippen LogP contribution in [-0.4, -0.2) is 46.4 Å². The van der Waals surface area contributed by atoms with E-state index in [9.17, 15) is 9.90 Å². The van der Waals surface area contributed by atoms with E-state index in [0.29, 0.717) is 23.2 Å². The number of hydrogen-bond donors (Lipinski definition) is 2. The lowest BCUT2D eigenvalue weighted by Crippen LogP contribution is -2.51. The summed E-state index contributed by atoms with van der Waals surface area (Å²) in [7, 11) is 0. The van der Waals surface area contributed by atoms with Gasteiger partial charge in [0, 0.05) is 30.2 Å². The maximum atomic E-state index is 10.9. The number of aliphatic carboxylic acids is 1. The topological polar surface area (TPSA) is 70.0 Å². The predicted octanol–water partition coefficient (Wildman–Crippen LogP) is 2.79. The number of halogens is 1. The first-order chi connectivity index (χ1) is 11.4. The zero-order chi connectivity index (χ0) is 17.3. The van der Waals surface area contributed by atoms with Gasteiger partial charge in [-0.3, -0.25) is 4.90 Å². The van der Waals surface area contributed by atoms with Crippen molar-refractivity contribution in [3.05, 3.63) is 28.8 Å². The number of rotatable bonds is 6. The van der Waals surface area contributed by atoms with Crippen molar-refractivity contribution < 1.29 is 19.7 Å². The first-order valence-electron chi connectivity index (χ1n) is 8.46. The predicted molar refractivity (Wildman–Crippen MR) is 91.3 cm³/mol. The molecule has 24 heavy (non-hydrogen) atoms. The van der Waals surface area contributed by atoms with Crippen LogP contribution in [-0.2, 0) is 11.3 Å².